The van der Waals surface area contributed by atoms with E-state index >= 15 is 0 Å². The smallest absolute Gasteiger partial charge is 0.119 e. The summed E-state index contributed by atoms with van der Waals surface area (Å²) < 4.78 is 11.2. The van der Waals surface area contributed by atoms with Gasteiger partial charge in [0.25, 0.3) is 0 Å². The van der Waals surface area contributed by atoms with Crippen LogP contribution >= 0.6 is 0 Å². The van der Waals surface area contributed by atoms with Crippen molar-refractivity contribution in [3.8, 4) is 11.8 Å². The molecule has 5 nitrogen and oxygen atoms in total. The molecule has 5 heteroatoms. The van der Waals surface area contributed by atoms with E-state index in [1.165, 1.54) is 32.4 Å². The third-order valence-electron chi connectivity index (χ3n) is 4.74. The Bertz CT molecular complexity index is 512. The molecule has 1 N–H and O–H groups in total. The van der Waals surface area contributed by atoms with Crippen molar-refractivity contribution in [2.75, 3.05) is 39.5 Å². The van der Waals surface area contributed by atoms with Crippen molar-refractivity contribution in [1.82, 2.24) is 10.2 Å². The van der Waals surface area contributed by atoms with E-state index in [1.807, 2.05) is 12.1 Å². The van der Waals surface area contributed by atoms with Crippen molar-refractivity contribution in [2.45, 2.75) is 31.3 Å². The topological polar surface area (TPSA) is 57.5 Å². The van der Waals surface area contributed by atoms with Crippen molar-refractivity contribution < 1.29 is 9.47 Å². The molecule has 2 heterocycles. The number of nitrogens with zero attached hydrogens (tertiary/aromatic N) is 2. The lowest BCUT2D eigenvalue weighted by molar-refractivity contribution is 0.116. The quantitative estimate of drug-likeness (QED) is 0.811. The van der Waals surface area contributed by atoms with Gasteiger partial charge in [0.1, 0.15) is 12.4 Å². The van der Waals surface area contributed by atoms with Crippen LogP contribution in [0.3, 0.4) is 0 Å². The molecule has 2 aliphatic rings. The fourth-order valence-corrected chi connectivity index (χ4v) is 3.34. The summed E-state index contributed by atoms with van der Waals surface area (Å²) in [6.07, 6.45) is 3.59. The van der Waals surface area contributed by atoms with Gasteiger partial charge >= 0.3 is 0 Å². The van der Waals surface area contributed by atoms with Crippen molar-refractivity contribution in [3.63, 3.8) is 0 Å². The van der Waals surface area contributed by atoms with Crippen LogP contribution in [-0.2, 0) is 4.74 Å². The average molecular weight is 315 g/mol. The molecule has 23 heavy (non-hydrogen) atoms. The monoisotopic (exact) mass is 315 g/mol. The molecule has 0 amide bonds. The zero-order valence-corrected chi connectivity index (χ0v) is 13.5. The summed E-state index contributed by atoms with van der Waals surface area (Å²) >= 11 is 0. The second-order valence-corrected chi connectivity index (χ2v) is 6.27. The number of nitriles is 1. The van der Waals surface area contributed by atoms with E-state index < -0.39 is 0 Å². The Kier molecular flexibility index (Phi) is 5.87. The Hall–Kier alpha value is -1.61. The molecule has 0 radical (unpaired) electrons. The minimum Gasteiger partial charge on any atom is -0.492 e. The number of hydrogen-bond donors (Lipinski definition) is 1. The SMILES string of the molecule is N#Cc1ccc(OCCNC2CCN(C3CCOC3)CC2)cc1. The predicted molar refractivity (Wildman–Crippen MR) is 88.5 cm³/mol. The maximum absolute atomic E-state index is 8.76. The van der Waals surface area contributed by atoms with Gasteiger partial charge in [-0.3, -0.25) is 4.90 Å². The highest BCUT2D eigenvalue weighted by Crippen LogP contribution is 2.18. The molecule has 0 aliphatic carbocycles. The molecule has 1 atom stereocenters. The molecule has 0 aromatic heterocycles. The highest BCUT2D eigenvalue weighted by atomic mass is 16.5. The average Bonchev–Trinajstić information content (AvgIpc) is 3.14. The first-order valence-electron chi connectivity index (χ1n) is 8.53. The zero-order chi connectivity index (χ0) is 15.9. The minimum atomic E-state index is 0.595. The highest BCUT2D eigenvalue weighted by molar-refractivity contribution is 5.34. The number of hydrogen-bond acceptors (Lipinski definition) is 5. The van der Waals surface area contributed by atoms with Gasteiger partial charge in [0.2, 0.25) is 0 Å². The van der Waals surface area contributed by atoms with E-state index in [0.717, 1.165) is 25.5 Å². The third-order valence-corrected chi connectivity index (χ3v) is 4.74. The Morgan fingerprint density at radius 1 is 1.22 bits per heavy atom. The van der Waals surface area contributed by atoms with E-state index in [-0.39, 0.29) is 0 Å². The summed E-state index contributed by atoms with van der Waals surface area (Å²) in [5.74, 6) is 0.821. The summed E-state index contributed by atoms with van der Waals surface area (Å²) in [5.41, 5.74) is 0.662. The Balaban J connectivity index is 1.30. The Labute approximate surface area is 138 Å². The lowest BCUT2D eigenvalue weighted by atomic mass is 10.0. The van der Waals surface area contributed by atoms with Crippen LogP contribution in [0.2, 0.25) is 0 Å². The number of nitrogens with one attached hydrogen (secondary N) is 1. The molecule has 0 bridgehead atoms. The van der Waals surface area contributed by atoms with E-state index in [9.17, 15) is 0 Å². The maximum atomic E-state index is 8.76. The summed E-state index contributed by atoms with van der Waals surface area (Å²) in [6, 6.07) is 10.6. The van der Waals surface area contributed by atoms with E-state index in [4.69, 9.17) is 14.7 Å². The second kappa shape index (κ2) is 8.30. The molecule has 1 aromatic carbocycles. The van der Waals surface area contributed by atoms with Gasteiger partial charge in [-0.1, -0.05) is 0 Å². The third kappa shape index (κ3) is 4.68. The van der Waals surface area contributed by atoms with Crippen molar-refractivity contribution in [1.29, 1.82) is 5.26 Å². The molecular formula is C18H25N3O2. The number of rotatable bonds is 6. The van der Waals surface area contributed by atoms with Gasteiger partial charge in [-0.2, -0.15) is 5.26 Å². The second-order valence-electron chi connectivity index (χ2n) is 6.27. The van der Waals surface area contributed by atoms with Gasteiger partial charge in [0.15, 0.2) is 0 Å². The van der Waals surface area contributed by atoms with Gasteiger partial charge < -0.3 is 14.8 Å². The molecule has 3 rings (SSSR count). The molecule has 2 saturated heterocycles. The van der Waals surface area contributed by atoms with Gasteiger partial charge in [-0.15, -0.1) is 0 Å². The van der Waals surface area contributed by atoms with Gasteiger partial charge in [-0.05, 0) is 43.5 Å². The Morgan fingerprint density at radius 3 is 2.65 bits per heavy atom. The van der Waals surface area contributed by atoms with Crippen LogP contribution in [0, 0.1) is 11.3 Å². The van der Waals surface area contributed by atoms with Crippen LogP contribution < -0.4 is 10.1 Å². The zero-order valence-electron chi connectivity index (χ0n) is 13.5. The van der Waals surface area contributed by atoms with Gasteiger partial charge in [0, 0.05) is 38.3 Å². The standard InChI is InChI=1S/C18H25N3O2/c19-13-15-1-3-18(4-2-15)23-12-8-20-16-5-9-21(10-6-16)17-7-11-22-14-17/h1-4,16-17,20H,5-12,14H2. The normalized spacial score (nSPS) is 22.8. The van der Waals surface area contributed by atoms with Crippen molar-refractivity contribution in [2.24, 2.45) is 0 Å². The molecule has 0 saturated carbocycles. The minimum absolute atomic E-state index is 0.595. The predicted octanol–water partition coefficient (Wildman–Crippen LogP) is 1.78. The van der Waals surface area contributed by atoms with Gasteiger partial charge in [0.05, 0.1) is 18.2 Å². The van der Waals surface area contributed by atoms with E-state index in [1.54, 1.807) is 12.1 Å². The van der Waals surface area contributed by atoms with Crippen LogP contribution in [0.5, 0.6) is 5.75 Å². The molecule has 2 fully saturated rings. The van der Waals surface area contributed by atoms with Crippen LogP contribution in [0.25, 0.3) is 0 Å². The maximum Gasteiger partial charge on any atom is 0.119 e. The summed E-state index contributed by atoms with van der Waals surface area (Å²) in [4.78, 5) is 2.58. The number of likely N-dealkylation sites (tertiary alicyclic amines) is 1. The van der Waals surface area contributed by atoms with Crippen LogP contribution in [0.15, 0.2) is 24.3 Å². The van der Waals surface area contributed by atoms with Crippen LogP contribution in [0.4, 0.5) is 0 Å². The first-order chi connectivity index (χ1) is 11.3. The van der Waals surface area contributed by atoms with Crippen molar-refractivity contribution >= 4 is 0 Å². The molecular weight excluding hydrogens is 290 g/mol. The van der Waals surface area contributed by atoms with Crippen molar-refractivity contribution in [3.05, 3.63) is 29.8 Å². The Morgan fingerprint density at radius 2 is 2.00 bits per heavy atom. The van der Waals surface area contributed by atoms with E-state index in [2.05, 4.69) is 16.3 Å². The van der Waals surface area contributed by atoms with Crippen LogP contribution in [-0.4, -0.2) is 56.4 Å². The summed E-state index contributed by atoms with van der Waals surface area (Å²) in [7, 11) is 0. The number of benzene rings is 1. The fourth-order valence-electron chi connectivity index (χ4n) is 3.34. The van der Waals surface area contributed by atoms with E-state index in [0.29, 0.717) is 24.3 Å². The molecule has 124 valence electrons. The first-order valence-corrected chi connectivity index (χ1v) is 8.53. The number of ether oxygens (including phenoxy) is 2. The molecule has 0 spiro atoms. The molecule has 1 unspecified atom stereocenters. The lowest BCUT2D eigenvalue weighted by Gasteiger charge is -2.35. The fraction of sp³-hybridized carbons (Fsp3) is 0.611. The molecule has 2 aliphatic heterocycles. The molecule has 1 aromatic rings. The summed E-state index contributed by atoms with van der Waals surface area (Å²) in [6.45, 7) is 5.69. The van der Waals surface area contributed by atoms with Gasteiger partial charge in [-0.25, -0.2) is 0 Å². The number of piperidine rings is 1. The first kappa shape index (κ1) is 16.3. The lowest BCUT2D eigenvalue weighted by Crippen LogP contribution is -2.47. The highest BCUT2D eigenvalue weighted by Gasteiger charge is 2.27. The van der Waals surface area contributed by atoms with Crippen LogP contribution in [0.1, 0.15) is 24.8 Å². The largest absolute Gasteiger partial charge is 0.492 e. The summed E-state index contributed by atoms with van der Waals surface area (Å²) in [5, 5.41) is 12.4.